The van der Waals surface area contributed by atoms with E-state index in [0.29, 0.717) is 11.7 Å². The molecule has 1 unspecified atom stereocenters. The van der Waals surface area contributed by atoms with Crippen molar-refractivity contribution in [3.8, 4) is 0 Å². The molecular weight excluding hydrogens is 222 g/mol. The molecule has 0 spiro atoms. The summed E-state index contributed by atoms with van der Waals surface area (Å²) in [6.07, 6.45) is 5.40. The van der Waals surface area contributed by atoms with Crippen molar-refractivity contribution in [2.75, 3.05) is 18.6 Å². The van der Waals surface area contributed by atoms with Gasteiger partial charge in [-0.05, 0) is 12.5 Å². The molecule has 1 rings (SSSR count). The zero-order valence-electron chi connectivity index (χ0n) is 10.3. The molecule has 92 valence electrons. The molecule has 1 atom stereocenters. The number of aryl methyl sites for hydroxylation is 1. The average Bonchev–Trinajstić information content (AvgIpc) is 2.62. The minimum atomic E-state index is -0.741. The Labute approximate surface area is 99.9 Å². The van der Waals surface area contributed by atoms with Crippen molar-refractivity contribution < 1.29 is 4.21 Å². The fourth-order valence-corrected chi connectivity index (χ4v) is 1.87. The quantitative estimate of drug-likeness (QED) is 0.777. The Kier molecular flexibility index (Phi) is 5.69. The van der Waals surface area contributed by atoms with Crippen LogP contribution in [0.1, 0.15) is 19.5 Å². The van der Waals surface area contributed by atoms with Crippen LogP contribution in [0.5, 0.6) is 0 Å². The third-order valence-corrected chi connectivity index (χ3v) is 3.03. The molecule has 0 saturated heterocycles. The van der Waals surface area contributed by atoms with Gasteiger partial charge in [0.25, 0.3) is 0 Å². The van der Waals surface area contributed by atoms with Gasteiger partial charge in [0.05, 0.1) is 12.0 Å². The van der Waals surface area contributed by atoms with E-state index in [9.17, 15) is 4.21 Å². The van der Waals surface area contributed by atoms with Crippen LogP contribution in [0, 0.1) is 5.92 Å². The molecule has 0 amide bonds. The number of imidazole rings is 1. The van der Waals surface area contributed by atoms with Crippen molar-refractivity contribution in [1.82, 2.24) is 14.9 Å². The molecule has 1 aromatic rings. The molecule has 0 aromatic carbocycles. The lowest BCUT2D eigenvalue weighted by molar-refractivity contribution is 0.537. The molecule has 1 heterocycles. The normalized spacial score (nSPS) is 13.2. The van der Waals surface area contributed by atoms with Gasteiger partial charge in [0.2, 0.25) is 0 Å². The van der Waals surface area contributed by atoms with Crippen molar-refractivity contribution in [2.45, 2.75) is 26.9 Å². The van der Waals surface area contributed by atoms with Crippen LogP contribution < -0.4 is 5.32 Å². The van der Waals surface area contributed by atoms with Crippen molar-refractivity contribution in [1.29, 1.82) is 0 Å². The summed E-state index contributed by atoms with van der Waals surface area (Å²) in [4.78, 5) is 4.12. The third-order valence-electron chi connectivity index (χ3n) is 2.28. The highest BCUT2D eigenvalue weighted by Gasteiger charge is 2.02. The van der Waals surface area contributed by atoms with Crippen molar-refractivity contribution in [2.24, 2.45) is 5.92 Å². The summed E-state index contributed by atoms with van der Waals surface area (Å²) in [6.45, 7) is 6.98. The van der Waals surface area contributed by atoms with Gasteiger partial charge in [-0.2, -0.15) is 0 Å². The van der Waals surface area contributed by atoms with Gasteiger partial charge in [0.1, 0.15) is 0 Å². The van der Waals surface area contributed by atoms with Crippen LogP contribution in [-0.4, -0.2) is 32.3 Å². The number of nitrogens with one attached hydrogen (secondary N) is 1. The molecule has 4 nitrogen and oxygen atoms in total. The lowest BCUT2D eigenvalue weighted by Crippen LogP contribution is -2.21. The smallest absolute Gasteiger partial charge is 0.0948 e. The van der Waals surface area contributed by atoms with Gasteiger partial charge < -0.3 is 9.88 Å². The van der Waals surface area contributed by atoms with E-state index in [4.69, 9.17) is 0 Å². The first-order valence-corrected chi connectivity index (χ1v) is 7.32. The summed E-state index contributed by atoms with van der Waals surface area (Å²) in [5.41, 5.74) is 1.16. The third kappa shape index (κ3) is 4.90. The van der Waals surface area contributed by atoms with Crippen molar-refractivity contribution in [3.05, 3.63) is 18.2 Å². The highest BCUT2D eigenvalue weighted by molar-refractivity contribution is 7.84. The van der Waals surface area contributed by atoms with Crippen LogP contribution >= 0.6 is 0 Å². The standard InChI is InChI=1S/C11H21N3OS/c1-10(2)6-12-7-11-8-13-9-14(11)4-5-16(3)15/h8-10,12H,4-7H2,1-3H3. The van der Waals surface area contributed by atoms with E-state index in [-0.39, 0.29) is 0 Å². The predicted octanol–water partition coefficient (Wildman–Crippen LogP) is 1.01. The van der Waals surface area contributed by atoms with Crippen LogP contribution in [0.15, 0.2) is 12.5 Å². The van der Waals surface area contributed by atoms with E-state index >= 15 is 0 Å². The average molecular weight is 243 g/mol. The predicted molar refractivity (Wildman–Crippen MR) is 67.7 cm³/mol. The zero-order chi connectivity index (χ0) is 12.0. The van der Waals surface area contributed by atoms with E-state index in [1.807, 2.05) is 6.20 Å². The molecule has 0 aliphatic heterocycles. The van der Waals surface area contributed by atoms with Crippen molar-refractivity contribution in [3.63, 3.8) is 0 Å². The number of rotatable bonds is 7. The lowest BCUT2D eigenvalue weighted by atomic mass is 10.2. The highest BCUT2D eigenvalue weighted by atomic mass is 32.2. The molecular formula is C11H21N3OS. The van der Waals surface area contributed by atoms with Gasteiger partial charge in [-0.15, -0.1) is 0 Å². The maximum Gasteiger partial charge on any atom is 0.0948 e. The lowest BCUT2D eigenvalue weighted by Gasteiger charge is -2.09. The first-order chi connectivity index (χ1) is 7.59. The van der Waals surface area contributed by atoms with Gasteiger partial charge in [-0.25, -0.2) is 4.98 Å². The Balaban J connectivity index is 2.40. The second-order valence-electron chi connectivity index (χ2n) is 4.38. The van der Waals surface area contributed by atoms with E-state index in [1.54, 1.807) is 12.6 Å². The van der Waals surface area contributed by atoms with Crippen LogP contribution in [0.25, 0.3) is 0 Å². The molecule has 0 radical (unpaired) electrons. The second-order valence-corrected chi connectivity index (χ2v) is 5.94. The number of aromatic nitrogens is 2. The molecule has 0 aliphatic rings. The van der Waals surface area contributed by atoms with E-state index < -0.39 is 10.8 Å². The van der Waals surface area contributed by atoms with Crippen LogP contribution in [0.3, 0.4) is 0 Å². The van der Waals surface area contributed by atoms with Gasteiger partial charge in [0.15, 0.2) is 0 Å². The molecule has 0 fully saturated rings. The minimum Gasteiger partial charge on any atom is -0.332 e. The van der Waals surface area contributed by atoms with Gasteiger partial charge >= 0.3 is 0 Å². The van der Waals surface area contributed by atoms with E-state index in [0.717, 1.165) is 25.3 Å². The fourth-order valence-electron chi connectivity index (χ4n) is 1.41. The second kappa shape index (κ2) is 6.81. The number of hydrogen-bond donors (Lipinski definition) is 1. The topological polar surface area (TPSA) is 46.9 Å². The van der Waals surface area contributed by atoms with Gasteiger partial charge in [0, 0.05) is 42.1 Å². The summed E-state index contributed by atoms with van der Waals surface area (Å²) in [6, 6.07) is 0. The van der Waals surface area contributed by atoms with E-state index in [1.165, 1.54) is 0 Å². The Morgan fingerprint density at radius 1 is 1.56 bits per heavy atom. The molecule has 1 N–H and O–H groups in total. The van der Waals surface area contributed by atoms with Crippen LogP contribution in [0.4, 0.5) is 0 Å². The molecule has 0 saturated carbocycles. The first kappa shape index (κ1) is 13.4. The maximum absolute atomic E-state index is 11.0. The van der Waals surface area contributed by atoms with Gasteiger partial charge in [-0.1, -0.05) is 13.8 Å². The highest BCUT2D eigenvalue weighted by Crippen LogP contribution is 2.00. The van der Waals surface area contributed by atoms with E-state index in [2.05, 4.69) is 28.7 Å². The zero-order valence-corrected chi connectivity index (χ0v) is 11.1. The summed E-state index contributed by atoms with van der Waals surface area (Å²) >= 11 is 0. The first-order valence-electron chi connectivity index (χ1n) is 5.59. The number of nitrogens with zero attached hydrogens (tertiary/aromatic N) is 2. The fraction of sp³-hybridized carbons (Fsp3) is 0.727. The summed E-state index contributed by atoms with van der Waals surface area (Å²) in [5, 5.41) is 3.38. The minimum absolute atomic E-state index is 0.652. The SMILES string of the molecule is CC(C)CNCc1cncn1CCS(C)=O. The van der Waals surface area contributed by atoms with Gasteiger partial charge in [-0.3, -0.25) is 4.21 Å². The molecule has 0 bridgehead atoms. The Morgan fingerprint density at radius 2 is 2.31 bits per heavy atom. The Hall–Kier alpha value is -0.680. The van der Waals surface area contributed by atoms with Crippen LogP contribution in [-0.2, 0) is 23.9 Å². The van der Waals surface area contributed by atoms with Crippen LogP contribution in [0.2, 0.25) is 0 Å². The largest absolute Gasteiger partial charge is 0.332 e. The van der Waals surface area contributed by atoms with Crippen molar-refractivity contribution >= 4 is 10.8 Å². The molecule has 0 aliphatic carbocycles. The monoisotopic (exact) mass is 243 g/mol. The molecule has 16 heavy (non-hydrogen) atoms. The Bertz CT molecular complexity index is 336. The molecule has 5 heteroatoms. The number of hydrogen-bond acceptors (Lipinski definition) is 3. The summed E-state index contributed by atoms with van der Waals surface area (Å²) in [5.74, 6) is 1.34. The maximum atomic E-state index is 11.0. The molecule has 1 aromatic heterocycles. The summed E-state index contributed by atoms with van der Waals surface area (Å²) < 4.78 is 13.1. The summed E-state index contributed by atoms with van der Waals surface area (Å²) in [7, 11) is -0.741. The Morgan fingerprint density at radius 3 is 2.94 bits per heavy atom.